The van der Waals surface area contributed by atoms with E-state index in [1.165, 1.54) is 24.3 Å². The standard InChI is InChI=1S/C65H66N3O.Pt/c1-39(2)48-30-49(40(3)4)32-52(31-48)46-23-26-60(43(9)29-46)68-61-20-16-19-56(62(61)67-64(68)58-37-50(41(5)6)36-57(42(7)8)63(58)69)53-33-51(44-17-14-13-15-18-44)34-54(35-53)59-38-47(27-28-66-59)45-21-24-55(25-22-45)65(10,11)12;/h13-34,36-42,69H,1-12H3;/q-1;/i9D3,10D3,11D3,12D3,39D;. The van der Waals surface area contributed by atoms with Gasteiger partial charge in [0.05, 0.1) is 22.3 Å². The van der Waals surface area contributed by atoms with Crippen LogP contribution in [-0.2, 0) is 26.5 Å². The number of nitrogens with zero attached hydrogens (tertiary/aromatic N) is 3. The summed E-state index contributed by atoms with van der Waals surface area (Å²) >= 11 is 0. The van der Waals surface area contributed by atoms with E-state index in [4.69, 9.17) is 27.8 Å². The summed E-state index contributed by atoms with van der Waals surface area (Å²) in [5.41, 5.74) is 8.62. The van der Waals surface area contributed by atoms with Crippen LogP contribution >= 0.6 is 0 Å². The van der Waals surface area contributed by atoms with Gasteiger partial charge >= 0.3 is 0 Å². The van der Waals surface area contributed by atoms with E-state index < -0.39 is 38.7 Å². The van der Waals surface area contributed by atoms with Gasteiger partial charge in [0.2, 0.25) is 0 Å². The van der Waals surface area contributed by atoms with Gasteiger partial charge in [0.1, 0.15) is 11.6 Å². The number of phenolic OH excluding ortho intramolecular Hbond substituents is 1. The molecular weight excluding hydrogens is 1030 g/mol. The molecule has 0 atom stereocenters. The van der Waals surface area contributed by atoms with Crippen molar-refractivity contribution in [2.75, 3.05) is 0 Å². The van der Waals surface area contributed by atoms with Gasteiger partial charge < -0.3 is 5.11 Å². The number of benzene rings is 7. The summed E-state index contributed by atoms with van der Waals surface area (Å²) in [5.74, 6) is -0.421. The number of pyridine rings is 1. The summed E-state index contributed by atoms with van der Waals surface area (Å²) in [4.78, 5) is 10.3. The largest absolute Gasteiger partial charge is 0.507 e. The fourth-order valence-corrected chi connectivity index (χ4v) is 9.04. The molecule has 9 aromatic rings. The number of rotatable bonds is 11. The molecule has 0 amide bonds. The van der Waals surface area contributed by atoms with Crippen molar-refractivity contribution in [3.63, 3.8) is 0 Å². The molecule has 2 heterocycles. The minimum absolute atomic E-state index is 0. The van der Waals surface area contributed by atoms with Crippen LogP contribution in [0.3, 0.4) is 0 Å². The number of aromatic nitrogens is 3. The molecule has 0 aliphatic carbocycles. The Morgan fingerprint density at radius 2 is 1.24 bits per heavy atom. The Labute approximate surface area is 449 Å². The predicted octanol–water partition coefficient (Wildman–Crippen LogP) is 18.0. The van der Waals surface area contributed by atoms with Crippen LogP contribution in [0.1, 0.15) is 151 Å². The molecular formula is C65H66N3OPt-. The Bertz CT molecular complexity index is 3810. The zero-order valence-electron chi connectivity index (χ0n) is 53.8. The average Bonchev–Trinajstić information content (AvgIpc) is 1.93. The maximum Gasteiger partial charge on any atom is 0.148 e. The predicted molar refractivity (Wildman–Crippen MR) is 292 cm³/mol. The second-order valence-electron chi connectivity index (χ2n) is 19.3. The molecule has 0 spiro atoms. The number of fused-ring (bicyclic) bond motifs is 1. The Hall–Kier alpha value is -6.35. The van der Waals surface area contributed by atoms with E-state index in [1.54, 1.807) is 18.3 Å². The molecule has 0 fully saturated rings. The first kappa shape index (κ1) is 35.7. The fourth-order valence-electron chi connectivity index (χ4n) is 9.04. The third-order valence-electron chi connectivity index (χ3n) is 13.1. The summed E-state index contributed by atoms with van der Waals surface area (Å²) in [6, 6.07) is 47.7. The SMILES string of the molecule is [2H]C([2H])([2H])c1cc(-c2cc(C(C)C)cc(C([2H])(C)C)c2)ccc1-n1c(-c2cc(C(C)C)cc(C(C)C)c2O)nc2c(-c3[c-]c(-c4cc(-c5ccc(C(C([2H])([2H])[2H])(C([2H])([2H])[2H])C([2H])([2H])[2H])cc5)ccn4)cc(-c4ccccc4)c3)cccc21.[Pt]. The molecule has 0 bridgehead atoms. The molecule has 7 aromatic carbocycles. The van der Waals surface area contributed by atoms with Gasteiger partial charge in [0.25, 0.3) is 0 Å². The molecule has 70 heavy (non-hydrogen) atoms. The molecule has 0 saturated heterocycles. The van der Waals surface area contributed by atoms with Crippen LogP contribution in [0, 0.1) is 12.9 Å². The van der Waals surface area contributed by atoms with Gasteiger partial charge in [-0.2, -0.15) is 0 Å². The van der Waals surface area contributed by atoms with Crippen molar-refractivity contribution >= 4 is 11.0 Å². The number of aromatic hydroxyl groups is 1. The maximum atomic E-state index is 12.4. The van der Waals surface area contributed by atoms with Crippen molar-refractivity contribution in [1.82, 2.24) is 14.5 Å². The topological polar surface area (TPSA) is 50.9 Å². The van der Waals surface area contributed by atoms with E-state index in [0.29, 0.717) is 67.2 Å². The van der Waals surface area contributed by atoms with Crippen molar-refractivity contribution in [1.29, 1.82) is 0 Å². The van der Waals surface area contributed by atoms with Crippen molar-refractivity contribution in [3.05, 3.63) is 191 Å². The molecule has 0 saturated carbocycles. The molecule has 4 nitrogen and oxygen atoms in total. The van der Waals surface area contributed by atoms with E-state index in [-0.39, 0.29) is 55.7 Å². The minimum atomic E-state index is -3.41. The van der Waals surface area contributed by atoms with E-state index in [9.17, 15) is 5.11 Å². The first-order chi connectivity index (χ1) is 38.2. The van der Waals surface area contributed by atoms with E-state index >= 15 is 0 Å². The van der Waals surface area contributed by atoms with E-state index in [0.717, 1.165) is 38.9 Å². The zero-order valence-corrected chi connectivity index (χ0v) is 43.0. The molecule has 0 unspecified atom stereocenters. The molecule has 1 N–H and O–H groups in total. The number of phenols is 1. The van der Waals surface area contributed by atoms with Crippen molar-refractivity contribution in [2.24, 2.45) is 0 Å². The molecule has 0 radical (unpaired) electrons. The van der Waals surface area contributed by atoms with Gasteiger partial charge in [-0.1, -0.05) is 196 Å². The van der Waals surface area contributed by atoms with E-state index in [1.807, 2.05) is 135 Å². The summed E-state index contributed by atoms with van der Waals surface area (Å²) in [6.45, 7) is 3.20. The number of imidazole rings is 1. The van der Waals surface area contributed by atoms with Crippen molar-refractivity contribution in [2.45, 2.75) is 112 Å². The van der Waals surface area contributed by atoms with Crippen molar-refractivity contribution < 1.29 is 44.0 Å². The number of hydrogen-bond acceptors (Lipinski definition) is 3. The normalized spacial score (nSPS) is 15.5. The molecule has 0 aliphatic heterocycles. The van der Waals surface area contributed by atoms with Crippen LogP contribution in [0.25, 0.3) is 83.9 Å². The summed E-state index contributed by atoms with van der Waals surface area (Å²) in [6.07, 6.45) is 1.61. The average molecular weight is 1110 g/mol. The first-order valence-electron chi connectivity index (χ1n) is 30.1. The third-order valence-corrected chi connectivity index (χ3v) is 13.1. The van der Waals surface area contributed by atoms with Gasteiger partial charge in [-0.15, -0.1) is 23.8 Å². The van der Waals surface area contributed by atoms with Crippen LogP contribution in [-0.4, -0.2) is 19.6 Å². The van der Waals surface area contributed by atoms with Crippen LogP contribution in [0.4, 0.5) is 0 Å². The molecule has 0 aliphatic rings. The number of aryl methyl sites for hydroxylation is 1. The van der Waals surface area contributed by atoms with Crippen molar-refractivity contribution in [3.8, 4) is 78.6 Å². The quantitative estimate of drug-likeness (QED) is 0.131. The molecule has 9 rings (SSSR count). The smallest absolute Gasteiger partial charge is 0.148 e. The number of hydrogen-bond donors (Lipinski definition) is 1. The van der Waals surface area contributed by atoms with Crippen LogP contribution in [0.15, 0.2) is 152 Å². The molecule has 358 valence electrons. The second kappa shape index (κ2) is 20.2. The molecule has 5 heteroatoms. The van der Waals surface area contributed by atoms with Gasteiger partial charge in [0.15, 0.2) is 0 Å². The Kier molecular flexibility index (Phi) is 10.3. The maximum absolute atomic E-state index is 12.4. The van der Waals surface area contributed by atoms with Gasteiger partial charge in [-0.05, 0) is 127 Å². The zero-order chi connectivity index (χ0) is 59.8. The Morgan fingerprint density at radius 3 is 1.93 bits per heavy atom. The monoisotopic (exact) mass is 1110 g/mol. The number of para-hydroxylation sites is 1. The Balaban J connectivity index is 0.00000900. The van der Waals surface area contributed by atoms with Crippen LogP contribution < -0.4 is 0 Å². The third kappa shape index (κ3) is 9.99. The first-order valence-corrected chi connectivity index (χ1v) is 23.6. The summed E-state index contributed by atoms with van der Waals surface area (Å²) in [7, 11) is 0. The fraction of sp³-hybridized carbons (Fsp3) is 0.262. The molecule has 2 aromatic heterocycles. The summed E-state index contributed by atoms with van der Waals surface area (Å²) < 4.78 is 112. The van der Waals surface area contributed by atoms with Crippen LogP contribution in [0.2, 0.25) is 0 Å². The second-order valence-corrected chi connectivity index (χ2v) is 19.3. The van der Waals surface area contributed by atoms with Gasteiger partial charge in [0, 0.05) is 50.8 Å². The van der Waals surface area contributed by atoms with E-state index in [2.05, 4.69) is 39.8 Å². The van der Waals surface area contributed by atoms with Gasteiger partial charge in [-0.25, -0.2) is 4.98 Å². The summed E-state index contributed by atoms with van der Waals surface area (Å²) in [5, 5.41) is 12.4. The Morgan fingerprint density at radius 1 is 0.586 bits per heavy atom. The van der Waals surface area contributed by atoms with Gasteiger partial charge in [-0.3, -0.25) is 9.55 Å². The minimum Gasteiger partial charge on any atom is -0.507 e. The van der Waals surface area contributed by atoms with Crippen LogP contribution in [0.5, 0.6) is 5.75 Å².